The highest BCUT2D eigenvalue weighted by Gasteiger charge is 2.33. The van der Waals surface area contributed by atoms with Crippen molar-refractivity contribution in [3.05, 3.63) is 119 Å². The predicted molar refractivity (Wildman–Crippen MR) is 231 cm³/mol. The third-order valence-electron chi connectivity index (χ3n) is 11.1. The Bertz CT molecular complexity index is 2460. The number of ketones is 2. The lowest BCUT2D eigenvalue weighted by Crippen LogP contribution is -2.10. The number of hydrogen-bond acceptors (Lipinski definition) is 6. The highest BCUT2D eigenvalue weighted by molar-refractivity contribution is 6.16. The van der Waals surface area contributed by atoms with E-state index in [4.69, 9.17) is 9.47 Å². The van der Waals surface area contributed by atoms with Gasteiger partial charge in [-0.25, -0.2) is 9.59 Å². The largest absolute Gasteiger partial charge is 0.461 e. The molecule has 8 heteroatoms. The highest BCUT2D eigenvalue weighted by atomic mass is 16.5. The van der Waals surface area contributed by atoms with Gasteiger partial charge in [0.25, 0.3) is 0 Å². The van der Waals surface area contributed by atoms with Gasteiger partial charge in [0.15, 0.2) is 11.6 Å². The van der Waals surface area contributed by atoms with Crippen LogP contribution >= 0.6 is 0 Å². The number of rotatable bonds is 10. The molecule has 0 radical (unpaired) electrons. The van der Waals surface area contributed by atoms with Gasteiger partial charge in [-0.05, 0) is 96.9 Å². The van der Waals surface area contributed by atoms with Crippen LogP contribution in [0, 0.1) is 11.8 Å². The second-order valence-corrected chi connectivity index (χ2v) is 17.6. The van der Waals surface area contributed by atoms with Gasteiger partial charge in [-0.3, -0.25) is 9.59 Å². The second kappa shape index (κ2) is 15.9. The van der Waals surface area contributed by atoms with E-state index in [1.807, 2.05) is 60.7 Å². The first-order chi connectivity index (χ1) is 27.6. The van der Waals surface area contributed by atoms with Gasteiger partial charge in [-0.15, -0.1) is 0 Å². The van der Waals surface area contributed by atoms with Gasteiger partial charge >= 0.3 is 11.9 Å². The number of hydrogen-bond donors (Lipinski definition) is 2. The van der Waals surface area contributed by atoms with Crippen molar-refractivity contribution in [1.82, 2.24) is 9.97 Å². The van der Waals surface area contributed by atoms with Crippen molar-refractivity contribution in [2.24, 2.45) is 11.8 Å². The average Bonchev–Trinajstić information content (AvgIpc) is 4.14. The van der Waals surface area contributed by atoms with Gasteiger partial charge in [-0.2, -0.15) is 0 Å². The van der Waals surface area contributed by atoms with Crippen LogP contribution in [0.15, 0.2) is 84.9 Å². The van der Waals surface area contributed by atoms with E-state index in [1.165, 1.54) is 11.1 Å². The molecule has 0 atom stereocenters. The molecule has 2 heterocycles. The second-order valence-electron chi connectivity index (χ2n) is 17.6. The molecular formula is C50H54N2O6. The molecule has 2 saturated carbocycles. The van der Waals surface area contributed by atoms with Crippen molar-refractivity contribution in [1.29, 1.82) is 0 Å². The lowest BCUT2D eigenvalue weighted by Gasteiger charge is -2.19. The number of H-pyrrole nitrogens is 2. The van der Waals surface area contributed by atoms with E-state index in [0.29, 0.717) is 35.7 Å². The standard InChI is InChI=1S/2C25H27NO3/c1-5-29-24(28)22-21(15-8-11-18(12-9-15)25(2,3)4)19-14-17(10-13-20(19)26-22)23(27)16-6-7-16;1-5-29-24(28)22-20(15-11-13-17(14-12-15)25(2,3)4)18-7-6-8-19(21(18)26-22)23(27)16-9-10-16/h8-14,16,26H,5-7H2,1-4H3;6-8,11-14,16,26H,5,9-10H2,1-4H3. The minimum absolute atomic E-state index is 0.0482. The Morgan fingerprint density at radius 3 is 1.55 bits per heavy atom. The van der Waals surface area contributed by atoms with E-state index in [2.05, 4.69) is 75.8 Å². The quantitative estimate of drug-likeness (QED) is 0.106. The Labute approximate surface area is 340 Å². The number of ether oxygens (including phenoxy) is 2. The molecule has 2 aromatic heterocycles. The van der Waals surface area contributed by atoms with Crippen LogP contribution in [0.4, 0.5) is 0 Å². The van der Waals surface area contributed by atoms with Crippen LogP contribution in [-0.4, -0.2) is 46.7 Å². The number of carbonyl (C=O) groups excluding carboxylic acids is 4. The summed E-state index contributed by atoms with van der Waals surface area (Å²) < 4.78 is 10.6. The SMILES string of the molecule is CCOC(=O)c1[nH]c2c(C(=O)C3CC3)cccc2c1-c1ccc(C(C)(C)C)cc1.CCOC(=O)c1[nH]c2ccc(C(=O)C3CC3)cc2c1-c1ccc(C(C)(C)C)cc1. The van der Waals surface area contributed by atoms with E-state index < -0.39 is 5.97 Å². The maximum Gasteiger partial charge on any atom is 0.355 e. The Hall–Kier alpha value is -5.76. The molecule has 0 saturated heterocycles. The molecule has 0 bridgehead atoms. The van der Waals surface area contributed by atoms with Gasteiger partial charge in [0.2, 0.25) is 0 Å². The van der Waals surface area contributed by atoms with Crippen molar-refractivity contribution < 1.29 is 28.7 Å². The van der Waals surface area contributed by atoms with Crippen molar-refractivity contribution in [3.8, 4) is 22.3 Å². The summed E-state index contributed by atoms with van der Waals surface area (Å²) in [6, 6.07) is 27.9. The van der Waals surface area contributed by atoms with Crippen LogP contribution in [0.1, 0.15) is 134 Å². The molecule has 0 amide bonds. The third-order valence-corrected chi connectivity index (χ3v) is 11.1. The number of benzene rings is 4. The van der Waals surface area contributed by atoms with Crippen LogP contribution in [0.25, 0.3) is 44.1 Å². The summed E-state index contributed by atoms with van der Waals surface area (Å²) in [5.41, 5.74) is 9.77. The monoisotopic (exact) mass is 778 g/mol. The molecular weight excluding hydrogens is 725 g/mol. The number of aromatic amines is 2. The average molecular weight is 779 g/mol. The number of aromatic nitrogens is 2. The van der Waals surface area contributed by atoms with Crippen LogP contribution in [0.2, 0.25) is 0 Å². The van der Waals surface area contributed by atoms with Gasteiger partial charge in [0, 0.05) is 50.4 Å². The highest BCUT2D eigenvalue weighted by Crippen LogP contribution is 2.40. The van der Waals surface area contributed by atoms with Crippen molar-refractivity contribution in [3.63, 3.8) is 0 Å². The molecule has 0 aliphatic heterocycles. The fourth-order valence-electron chi connectivity index (χ4n) is 7.50. The normalized spacial score (nSPS) is 14.2. The van der Waals surface area contributed by atoms with E-state index in [1.54, 1.807) is 13.8 Å². The van der Waals surface area contributed by atoms with E-state index in [0.717, 1.165) is 69.7 Å². The zero-order valence-corrected chi connectivity index (χ0v) is 34.9. The molecule has 4 aromatic carbocycles. The van der Waals surface area contributed by atoms with E-state index >= 15 is 0 Å². The lowest BCUT2D eigenvalue weighted by molar-refractivity contribution is 0.0512. The molecule has 2 aliphatic rings. The minimum atomic E-state index is -0.400. The minimum Gasteiger partial charge on any atom is -0.461 e. The predicted octanol–water partition coefficient (Wildman–Crippen LogP) is 11.8. The first-order valence-electron chi connectivity index (χ1n) is 20.6. The first kappa shape index (κ1) is 40.4. The van der Waals surface area contributed by atoms with Gasteiger partial charge in [-0.1, -0.05) is 102 Å². The summed E-state index contributed by atoms with van der Waals surface area (Å²) in [4.78, 5) is 57.2. The molecule has 58 heavy (non-hydrogen) atoms. The maximum atomic E-state index is 12.8. The summed E-state index contributed by atoms with van der Waals surface area (Å²) in [5.74, 6) is -0.159. The summed E-state index contributed by atoms with van der Waals surface area (Å²) in [7, 11) is 0. The number of Topliss-reactive ketones (excluding diaryl/α,β-unsaturated/α-hetero) is 2. The summed E-state index contributed by atoms with van der Waals surface area (Å²) in [6.45, 7) is 17.2. The Kier molecular flexibility index (Phi) is 11.1. The number of carbonyl (C=O) groups is 4. The number of esters is 2. The van der Waals surface area contributed by atoms with E-state index in [-0.39, 0.29) is 40.2 Å². The fraction of sp³-hybridized carbons (Fsp3) is 0.360. The molecule has 6 aromatic rings. The number of fused-ring (bicyclic) bond motifs is 2. The van der Waals surface area contributed by atoms with Crippen LogP contribution in [0.5, 0.6) is 0 Å². The zero-order chi connectivity index (χ0) is 41.5. The zero-order valence-electron chi connectivity index (χ0n) is 34.9. The van der Waals surface area contributed by atoms with Crippen LogP contribution in [-0.2, 0) is 20.3 Å². The topological polar surface area (TPSA) is 118 Å². The molecule has 0 spiro atoms. The van der Waals surface area contributed by atoms with Gasteiger partial charge in [0.1, 0.15) is 11.4 Å². The lowest BCUT2D eigenvalue weighted by atomic mass is 9.86. The Morgan fingerprint density at radius 1 is 0.586 bits per heavy atom. The van der Waals surface area contributed by atoms with Gasteiger partial charge < -0.3 is 19.4 Å². The maximum absolute atomic E-state index is 12.8. The molecule has 2 N–H and O–H groups in total. The Balaban J connectivity index is 0.000000177. The molecule has 300 valence electrons. The van der Waals surface area contributed by atoms with Crippen LogP contribution in [0.3, 0.4) is 0 Å². The molecule has 0 unspecified atom stereocenters. The number of nitrogens with one attached hydrogen (secondary N) is 2. The smallest absolute Gasteiger partial charge is 0.355 e. The molecule has 2 fully saturated rings. The summed E-state index contributed by atoms with van der Waals surface area (Å²) in [5, 5.41) is 1.76. The molecule has 8 nitrogen and oxygen atoms in total. The Morgan fingerprint density at radius 2 is 1.07 bits per heavy atom. The summed E-state index contributed by atoms with van der Waals surface area (Å²) in [6.07, 6.45) is 3.84. The third kappa shape index (κ3) is 8.29. The van der Waals surface area contributed by atoms with Crippen LogP contribution < -0.4 is 0 Å². The summed E-state index contributed by atoms with van der Waals surface area (Å²) >= 11 is 0. The van der Waals surface area contributed by atoms with Crippen molar-refractivity contribution >= 4 is 45.3 Å². The molecule has 2 aliphatic carbocycles. The van der Waals surface area contributed by atoms with Gasteiger partial charge in [0.05, 0.1) is 18.7 Å². The van der Waals surface area contributed by atoms with Crippen molar-refractivity contribution in [2.45, 2.75) is 91.9 Å². The van der Waals surface area contributed by atoms with Crippen molar-refractivity contribution in [2.75, 3.05) is 13.2 Å². The van der Waals surface area contributed by atoms with E-state index in [9.17, 15) is 19.2 Å². The number of para-hydroxylation sites is 1. The fourth-order valence-corrected chi connectivity index (χ4v) is 7.50. The first-order valence-corrected chi connectivity index (χ1v) is 20.6. The molecule has 8 rings (SSSR count).